The molecule has 0 saturated heterocycles. The molecule has 2 rings (SSSR count). The van der Waals surface area contributed by atoms with E-state index in [1.54, 1.807) is 24.3 Å². The number of hydrogen-bond donors (Lipinski definition) is 2. The first-order valence-electron chi connectivity index (χ1n) is 5.97. The lowest BCUT2D eigenvalue weighted by Crippen LogP contribution is -2.13. The largest absolute Gasteiger partial charge is 0.433 e. The van der Waals surface area contributed by atoms with Gasteiger partial charge < -0.3 is 10.4 Å². The SMILES string of the molecule is OCCNc1cc(C(F)(F)F)nc(-c2ccc(Br)cc2)n1. The molecule has 0 aliphatic heterocycles. The average molecular weight is 362 g/mol. The molecule has 0 saturated carbocycles. The van der Waals surface area contributed by atoms with Crippen LogP contribution in [0.25, 0.3) is 11.4 Å². The van der Waals surface area contributed by atoms with Crippen molar-refractivity contribution >= 4 is 21.7 Å². The van der Waals surface area contributed by atoms with Crippen molar-refractivity contribution in [3.8, 4) is 11.4 Å². The van der Waals surface area contributed by atoms with Gasteiger partial charge in [-0.15, -0.1) is 0 Å². The minimum absolute atomic E-state index is 0.0179. The second-order valence-electron chi connectivity index (χ2n) is 4.12. The van der Waals surface area contributed by atoms with Crippen molar-refractivity contribution in [1.29, 1.82) is 0 Å². The predicted octanol–water partition coefficient (Wildman–Crippen LogP) is 3.33. The van der Waals surface area contributed by atoms with E-state index in [4.69, 9.17) is 5.11 Å². The van der Waals surface area contributed by atoms with E-state index in [0.717, 1.165) is 10.5 Å². The van der Waals surface area contributed by atoms with Crippen LogP contribution in [0.5, 0.6) is 0 Å². The maximum atomic E-state index is 12.9. The van der Waals surface area contributed by atoms with Crippen molar-refractivity contribution in [3.63, 3.8) is 0 Å². The molecule has 112 valence electrons. The minimum atomic E-state index is -4.57. The van der Waals surface area contributed by atoms with Crippen molar-refractivity contribution in [2.45, 2.75) is 6.18 Å². The molecule has 21 heavy (non-hydrogen) atoms. The number of anilines is 1. The van der Waals surface area contributed by atoms with Crippen molar-refractivity contribution in [1.82, 2.24) is 9.97 Å². The number of benzene rings is 1. The molecule has 0 aliphatic rings. The Kier molecular flexibility index (Phi) is 4.79. The summed E-state index contributed by atoms with van der Waals surface area (Å²) in [5, 5.41) is 11.4. The lowest BCUT2D eigenvalue weighted by Gasteiger charge is -2.11. The third-order valence-electron chi connectivity index (χ3n) is 2.54. The summed E-state index contributed by atoms with van der Waals surface area (Å²) in [4.78, 5) is 7.59. The highest BCUT2D eigenvalue weighted by molar-refractivity contribution is 9.10. The predicted molar refractivity (Wildman–Crippen MR) is 75.7 cm³/mol. The summed E-state index contributed by atoms with van der Waals surface area (Å²) in [6.45, 7) is -0.104. The number of aliphatic hydroxyl groups excluding tert-OH is 1. The summed E-state index contributed by atoms with van der Waals surface area (Å²) < 4.78 is 39.4. The molecule has 2 N–H and O–H groups in total. The molecule has 0 fully saturated rings. The van der Waals surface area contributed by atoms with Crippen LogP contribution in [0.3, 0.4) is 0 Å². The Morgan fingerprint density at radius 1 is 1.14 bits per heavy atom. The lowest BCUT2D eigenvalue weighted by atomic mass is 10.2. The number of rotatable bonds is 4. The van der Waals surface area contributed by atoms with Gasteiger partial charge in [-0.3, -0.25) is 0 Å². The zero-order valence-electron chi connectivity index (χ0n) is 10.7. The molecule has 0 amide bonds. The van der Waals surface area contributed by atoms with Gasteiger partial charge >= 0.3 is 6.18 Å². The van der Waals surface area contributed by atoms with E-state index >= 15 is 0 Å². The number of aliphatic hydroxyl groups is 1. The fraction of sp³-hybridized carbons (Fsp3) is 0.231. The van der Waals surface area contributed by atoms with Gasteiger partial charge in [0.1, 0.15) is 5.82 Å². The quantitative estimate of drug-likeness (QED) is 0.876. The molecule has 1 heterocycles. The van der Waals surface area contributed by atoms with E-state index in [0.29, 0.717) is 5.56 Å². The average Bonchev–Trinajstić information content (AvgIpc) is 2.44. The second-order valence-corrected chi connectivity index (χ2v) is 5.03. The second kappa shape index (κ2) is 6.40. The molecular weight excluding hydrogens is 351 g/mol. The number of aromatic nitrogens is 2. The van der Waals surface area contributed by atoms with Crippen LogP contribution < -0.4 is 5.32 Å². The fourth-order valence-corrected chi connectivity index (χ4v) is 1.86. The Bertz CT molecular complexity index is 617. The Labute approximate surface area is 127 Å². The van der Waals surface area contributed by atoms with Crippen LogP contribution >= 0.6 is 15.9 Å². The van der Waals surface area contributed by atoms with E-state index in [-0.39, 0.29) is 24.8 Å². The van der Waals surface area contributed by atoms with Crippen molar-refractivity contribution in [3.05, 3.63) is 40.5 Å². The third kappa shape index (κ3) is 4.15. The summed E-state index contributed by atoms with van der Waals surface area (Å²) in [6, 6.07) is 7.45. The van der Waals surface area contributed by atoms with Crippen molar-refractivity contribution in [2.75, 3.05) is 18.5 Å². The van der Waals surface area contributed by atoms with E-state index in [1.165, 1.54) is 0 Å². The Morgan fingerprint density at radius 2 is 1.81 bits per heavy atom. The summed E-state index contributed by atoms with van der Waals surface area (Å²) in [5.41, 5.74) is -0.563. The van der Waals surface area contributed by atoms with Gasteiger partial charge in [-0.05, 0) is 12.1 Å². The van der Waals surface area contributed by atoms with Crippen molar-refractivity contribution < 1.29 is 18.3 Å². The number of nitrogens with zero attached hydrogens (tertiary/aromatic N) is 2. The van der Waals surface area contributed by atoms with E-state index in [9.17, 15) is 13.2 Å². The van der Waals surface area contributed by atoms with Crippen LogP contribution in [0.2, 0.25) is 0 Å². The van der Waals surface area contributed by atoms with E-state index in [1.807, 2.05) is 0 Å². The van der Waals surface area contributed by atoms with Gasteiger partial charge in [0.25, 0.3) is 0 Å². The van der Waals surface area contributed by atoms with Crippen LogP contribution in [0.15, 0.2) is 34.8 Å². The van der Waals surface area contributed by atoms with Crippen LogP contribution in [0.4, 0.5) is 19.0 Å². The topological polar surface area (TPSA) is 58.0 Å². The van der Waals surface area contributed by atoms with Gasteiger partial charge in [-0.25, -0.2) is 9.97 Å². The van der Waals surface area contributed by atoms with Crippen LogP contribution in [0, 0.1) is 0 Å². The van der Waals surface area contributed by atoms with Gasteiger partial charge in [0, 0.05) is 22.6 Å². The van der Waals surface area contributed by atoms with E-state index in [2.05, 4.69) is 31.2 Å². The molecule has 1 aromatic heterocycles. The van der Waals surface area contributed by atoms with Crippen LogP contribution in [-0.2, 0) is 6.18 Å². The number of nitrogens with one attached hydrogen (secondary N) is 1. The minimum Gasteiger partial charge on any atom is -0.395 e. The first kappa shape index (κ1) is 15.7. The van der Waals surface area contributed by atoms with Crippen LogP contribution in [0.1, 0.15) is 5.69 Å². The molecule has 2 aromatic rings. The summed E-state index contributed by atoms with van der Waals surface area (Å²) in [5.74, 6) is -0.0120. The van der Waals surface area contributed by atoms with E-state index < -0.39 is 11.9 Å². The molecule has 0 bridgehead atoms. The standard InChI is InChI=1S/C13H11BrF3N3O/c14-9-3-1-8(2-4-9)12-19-10(13(15,16)17)7-11(20-12)18-5-6-21/h1-4,7,21H,5-6H2,(H,18,19,20). The monoisotopic (exact) mass is 361 g/mol. The highest BCUT2D eigenvalue weighted by Gasteiger charge is 2.33. The lowest BCUT2D eigenvalue weighted by molar-refractivity contribution is -0.141. The van der Waals surface area contributed by atoms with Gasteiger partial charge in [-0.1, -0.05) is 28.1 Å². The molecule has 0 radical (unpaired) electrons. The first-order chi connectivity index (χ1) is 9.90. The molecule has 4 nitrogen and oxygen atoms in total. The molecule has 0 aliphatic carbocycles. The third-order valence-corrected chi connectivity index (χ3v) is 3.07. The summed E-state index contributed by atoms with van der Waals surface area (Å²) in [6.07, 6.45) is -4.57. The summed E-state index contributed by atoms with van der Waals surface area (Å²) in [7, 11) is 0. The number of halogens is 4. The molecule has 0 spiro atoms. The van der Waals surface area contributed by atoms with Gasteiger partial charge in [-0.2, -0.15) is 13.2 Å². The first-order valence-corrected chi connectivity index (χ1v) is 6.76. The van der Waals surface area contributed by atoms with Gasteiger partial charge in [0.2, 0.25) is 0 Å². The van der Waals surface area contributed by atoms with Crippen molar-refractivity contribution in [2.24, 2.45) is 0 Å². The molecule has 8 heteroatoms. The Balaban J connectivity index is 2.46. The fourth-order valence-electron chi connectivity index (χ4n) is 1.60. The highest BCUT2D eigenvalue weighted by atomic mass is 79.9. The number of hydrogen-bond acceptors (Lipinski definition) is 4. The smallest absolute Gasteiger partial charge is 0.395 e. The number of alkyl halides is 3. The van der Waals surface area contributed by atoms with Crippen LogP contribution in [-0.4, -0.2) is 28.2 Å². The molecular formula is C13H11BrF3N3O. The zero-order valence-corrected chi connectivity index (χ0v) is 12.2. The molecule has 0 unspecified atom stereocenters. The molecule has 1 aromatic carbocycles. The molecule has 0 atom stereocenters. The highest BCUT2D eigenvalue weighted by Crippen LogP contribution is 2.31. The Morgan fingerprint density at radius 3 is 2.38 bits per heavy atom. The summed E-state index contributed by atoms with van der Waals surface area (Å²) >= 11 is 3.25. The maximum Gasteiger partial charge on any atom is 0.433 e. The zero-order chi connectivity index (χ0) is 15.5. The van der Waals surface area contributed by atoms with Gasteiger partial charge in [0.15, 0.2) is 11.5 Å². The maximum absolute atomic E-state index is 12.9. The van der Waals surface area contributed by atoms with Gasteiger partial charge in [0.05, 0.1) is 6.61 Å². The normalized spacial score (nSPS) is 11.5. The Hall–Kier alpha value is -1.67.